The van der Waals surface area contributed by atoms with Crippen molar-refractivity contribution in [1.82, 2.24) is 0 Å². The number of rotatable bonds is 13. The predicted molar refractivity (Wildman–Crippen MR) is 285 cm³/mol. The van der Waals surface area contributed by atoms with Crippen LogP contribution in [-0.4, -0.2) is 291 Å². The normalized spacial score (nSPS) is 57.8. The second-order valence-electron chi connectivity index (χ2n) is 29.2. The van der Waals surface area contributed by atoms with Crippen LogP contribution in [0.15, 0.2) is 0 Å². The molecule has 2 bridgehead atoms. The first-order valence-electron chi connectivity index (χ1n) is 30.8. The summed E-state index contributed by atoms with van der Waals surface area (Å²) in [6.07, 6.45) is -39.5. The summed E-state index contributed by atoms with van der Waals surface area (Å²) in [5.74, 6) is -0.133. The molecule has 6 heterocycles. The van der Waals surface area contributed by atoms with Gasteiger partial charge in [0.25, 0.3) is 0 Å². The van der Waals surface area contributed by atoms with Gasteiger partial charge in [0, 0.05) is 11.3 Å². The van der Waals surface area contributed by atoms with E-state index in [4.69, 9.17) is 52.1 Å². The largest absolute Gasteiger partial charge is 0.394 e. The van der Waals surface area contributed by atoms with Crippen LogP contribution in [0.4, 0.5) is 0 Å². The smallest absolute Gasteiger partial charge is 0.187 e. The summed E-state index contributed by atoms with van der Waals surface area (Å²) in [4.78, 5) is 0. The zero-order valence-corrected chi connectivity index (χ0v) is 49.8. The van der Waals surface area contributed by atoms with E-state index in [1.54, 1.807) is 0 Å². The molecule has 0 radical (unpaired) electrons. The van der Waals surface area contributed by atoms with Crippen molar-refractivity contribution in [2.24, 2.45) is 50.2 Å². The molecular weight excluding hydrogens is 1140 g/mol. The molecule has 28 nitrogen and oxygen atoms in total. The molecule has 0 aromatic rings. The number of ether oxygens (including phenoxy) is 11. The minimum Gasteiger partial charge on any atom is -0.394 e. The summed E-state index contributed by atoms with van der Waals surface area (Å²) < 4.78 is 68.0. The Balaban J connectivity index is 0.857. The maximum absolute atomic E-state index is 12.6. The third kappa shape index (κ3) is 10.1. The van der Waals surface area contributed by atoms with Crippen LogP contribution in [-0.2, 0) is 52.1 Å². The highest BCUT2D eigenvalue weighted by molar-refractivity contribution is 5.30. The molecular formula is C58H96O28. The molecule has 11 fully saturated rings. The van der Waals surface area contributed by atoms with Gasteiger partial charge in [-0.3, -0.25) is 0 Å². The fraction of sp³-hybridized carbons (Fsp3) is 1.00. The zero-order valence-electron chi connectivity index (χ0n) is 49.8. The molecule has 5 aliphatic carbocycles. The van der Waals surface area contributed by atoms with Crippen LogP contribution in [0, 0.1) is 50.2 Å². The zero-order chi connectivity index (χ0) is 62.5. The van der Waals surface area contributed by atoms with E-state index in [0.717, 1.165) is 19.3 Å². The van der Waals surface area contributed by atoms with Gasteiger partial charge in [-0.1, -0.05) is 48.5 Å². The second kappa shape index (κ2) is 23.7. The lowest BCUT2D eigenvalue weighted by atomic mass is 9.30. The quantitative estimate of drug-likeness (QED) is 0.0768. The highest BCUT2D eigenvalue weighted by Gasteiger charge is 2.84. The molecule has 17 N–H and O–H groups in total. The molecule has 6 aliphatic heterocycles. The van der Waals surface area contributed by atoms with Crippen molar-refractivity contribution in [1.29, 1.82) is 0 Å². The maximum Gasteiger partial charge on any atom is 0.187 e. The Morgan fingerprint density at radius 2 is 0.965 bits per heavy atom. The molecule has 496 valence electrons. The first-order chi connectivity index (χ1) is 40.3. The van der Waals surface area contributed by atoms with Gasteiger partial charge >= 0.3 is 0 Å². The molecule has 35 atom stereocenters. The van der Waals surface area contributed by atoms with Gasteiger partial charge in [-0.2, -0.15) is 0 Å². The number of hydrogen-bond acceptors (Lipinski definition) is 28. The Labute approximate surface area is 498 Å². The summed E-state index contributed by atoms with van der Waals surface area (Å²) in [6.45, 7) is 11.7. The van der Waals surface area contributed by atoms with E-state index < -0.39 is 221 Å². The van der Waals surface area contributed by atoms with E-state index >= 15 is 0 Å². The van der Waals surface area contributed by atoms with Crippen LogP contribution in [0.25, 0.3) is 0 Å². The molecule has 1 spiro atoms. The molecule has 0 aromatic heterocycles. The molecule has 35 unspecified atom stereocenters. The molecule has 0 aromatic carbocycles. The van der Waals surface area contributed by atoms with E-state index in [1.807, 2.05) is 0 Å². The van der Waals surface area contributed by atoms with E-state index in [2.05, 4.69) is 48.5 Å². The molecule has 5 saturated carbocycles. The summed E-state index contributed by atoms with van der Waals surface area (Å²) in [5.41, 5.74) is -4.15. The minimum atomic E-state index is -2.05. The number of aliphatic hydroxyl groups excluding tert-OH is 17. The van der Waals surface area contributed by atoms with E-state index in [9.17, 15) is 86.8 Å². The molecule has 6 saturated heterocycles. The fourth-order valence-electron chi connectivity index (χ4n) is 19.2. The summed E-state index contributed by atoms with van der Waals surface area (Å²) in [5, 5.41) is 188. The Hall–Kier alpha value is -1.12. The standard InChI is InChI=1S/C58H96O28/c1-52(2)14-29-57-13-9-28-54(5)11-10-32(53(3,4)27(54)8-12-55(28,6)56(57,7)16-31(64)58(29,30(63)15-52)51(75)86-57)82-49-44(85-48-41(73)38(70)35(67)24(18-60)79-48)36(68)26(21-77-49)81-50-45(84-46-39(71)33(65)22(62)20-76-46)42(74)43(25(19-61)80-50)83-47-40(72)37(69)34(66)23(17-59)78-47/h22-51,59-75H,8-21H2,1-7H3. The lowest BCUT2D eigenvalue weighted by Gasteiger charge is -2.75. The Bertz CT molecular complexity index is 2360. The van der Waals surface area contributed by atoms with Crippen molar-refractivity contribution in [3.8, 4) is 0 Å². The lowest BCUT2D eigenvalue weighted by Crippen LogP contribution is -2.75. The van der Waals surface area contributed by atoms with Gasteiger partial charge in [-0.15, -0.1) is 0 Å². The topological polar surface area (TPSA) is 445 Å². The number of fused-ring (bicyclic) bond motifs is 4. The van der Waals surface area contributed by atoms with Crippen LogP contribution >= 0.6 is 0 Å². The number of hydrogen-bond donors (Lipinski definition) is 17. The van der Waals surface area contributed by atoms with Gasteiger partial charge < -0.3 is 139 Å². The molecule has 11 aliphatic rings. The van der Waals surface area contributed by atoms with Gasteiger partial charge in [0.1, 0.15) is 110 Å². The predicted octanol–water partition coefficient (Wildman–Crippen LogP) is -4.96. The van der Waals surface area contributed by atoms with Crippen molar-refractivity contribution in [2.45, 2.75) is 278 Å². The average molecular weight is 1240 g/mol. The summed E-state index contributed by atoms with van der Waals surface area (Å²) in [7, 11) is 0. The molecule has 86 heavy (non-hydrogen) atoms. The van der Waals surface area contributed by atoms with Crippen molar-refractivity contribution in [3.63, 3.8) is 0 Å². The minimum absolute atomic E-state index is 0.0212. The van der Waals surface area contributed by atoms with Gasteiger partial charge in [0.05, 0.1) is 62.4 Å². The van der Waals surface area contributed by atoms with Crippen LogP contribution in [0.1, 0.15) is 106 Å². The maximum atomic E-state index is 12.6. The lowest BCUT2D eigenvalue weighted by molar-refractivity contribution is -0.402. The van der Waals surface area contributed by atoms with Gasteiger partial charge in [-0.25, -0.2) is 0 Å². The van der Waals surface area contributed by atoms with Crippen LogP contribution in [0.3, 0.4) is 0 Å². The molecule has 11 rings (SSSR count). The fourth-order valence-corrected chi connectivity index (χ4v) is 19.2. The summed E-state index contributed by atoms with van der Waals surface area (Å²) in [6, 6.07) is 0. The Kier molecular flexibility index (Phi) is 18.3. The highest BCUT2D eigenvalue weighted by Crippen LogP contribution is 2.81. The second-order valence-corrected chi connectivity index (χ2v) is 29.2. The van der Waals surface area contributed by atoms with Crippen LogP contribution in [0.2, 0.25) is 0 Å². The van der Waals surface area contributed by atoms with Crippen molar-refractivity contribution in [2.75, 3.05) is 33.0 Å². The van der Waals surface area contributed by atoms with Gasteiger partial charge in [0.2, 0.25) is 0 Å². The van der Waals surface area contributed by atoms with E-state index in [-0.39, 0.29) is 34.0 Å². The van der Waals surface area contributed by atoms with Gasteiger partial charge in [0.15, 0.2) is 37.7 Å². The Morgan fingerprint density at radius 3 is 1.58 bits per heavy atom. The molecule has 0 amide bonds. The van der Waals surface area contributed by atoms with Crippen LogP contribution in [0.5, 0.6) is 0 Å². The number of aliphatic hydroxyl groups is 17. The van der Waals surface area contributed by atoms with Crippen molar-refractivity contribution < 1.29 is 139 Å². The SMILES string of the molecule is CC1(C)CC(O)C23C(O)CC4(C)C5(C)CCC6C(C)(C)C(OC7OCC(OC8OC(CO)C(OC9OC(CO)C(O)C(O)C9O)C(O)C8OC8OCC(O)C(O)C8O)C(O)C7OC7OC(CO)C(O)C(O)C7O)CCC6(C)C5CCC4(OC2O)C3C1. The van der Waals surface area contributed by atoms with E-state index in [1.165, 1.54) is 0 Å². The van der Waals surface area contributed by atoms with Crippen LogP contribution < -0.4 is 0 Å². The van der Waals surface area contributed by atoms with Gasteiger partial charge in [-0.05, 0) is 91.3 Å². The van der Waals surface area contributed by atoms with E-state index in [0.29, 0.717) is 38.5 Å². The molecule has 28 heteroatoms. The highest BCUT2D eigenvalue weighted by atomic mass is 16.8. The van der Waals surface area contributed by atoms with Crippen molar-refractivity contribution >= 4 is 0 Å². The third-order valence-corrected chi connectivity index (χ3v) is 24.0. The Morgan fingerprint density at radius 1 is 0.430 bits per heavy atom. The third-order valence-electron chi connectivity index (χ3n) is 24.0. The summed E-state index contributed by atoms with van der Waals surface area (Å²) >= 11 is 0. The first kappa shape index (κ1) is 66.3. The first-order valence-corrected chi connectivity index (χ1v) is 30.8. The average Bonchev–Trinajstić information content (AvgIpc) is 1.33. The van der Waals surface area contributed by atoms with Crippen molar-refractivity contribution in [3.05, 3.63) is 0 Å². The monoisotopic (exact) mass is 1240 g/mol.